The highest BCUT2D eigenvalue weighted by Crippen LogP contribution is 2.30. The van der Waals surface area contributed by atoms with Crippen molar-refractivity contribution in [2.24, 2.45) is 11.8 Å². The van der Waals surface area contributed by atoms with Gasteiger partial charge in [0.25, 0.3) is 5.91 Å². The lowest BCUT2D eigenvalue weighted by Gasteiger charge is -2.05. The molecule has 0 radical (unpaired) electrons. The molecule has 1 heterocycles. The lowest BCUT2D eigenvalue weighted by atomic mass is 10.1. The molecule has 1 aromatic heterocycles. The molecule has 1 fully saturated rings. The number of hydrogen-bond donors (Lipinski definition) is 2. The molecule has 0 atom stereocenters. The van der Waals surface area contributed by atoms with Gasteiger partial charge in [-0.15, -0.1) is 10.2 Å². The van der Waals surface area contributed by atoms with Gasteiger partial charge in [0.05, 0.1) is 0 Å². The molecule has 24 heavy (non-hydrogen) atoms. The molecule has 0 saturated heterocycles. The van der Waals surface area contributed by atoms with Crippen LogP contribution < -0.4 is 10.6 Å². The molecule has 2 aromatic rings. The number of anilines is 2. The van der Waals surface area contributed by atoms with Crippen LogP contribution in [-0.2, 0) is 11.2 Å². The lowest BCUT2D eigenvalue weighted by Crippen LogP contribution is -2.14. The zero-order valence-corrected chi connectivity index (χ0v) is 14.5. The highest BCUT2D eigenvalue weighted by molar-refractivity contribution is 7.15. The molecule has 0 unspecified atom stereocenters. The van der Waals surface area contributed by atoms with Crippen LogP contribution in [0.15, 0.2) is 24.3 Å². The van der Waals surface area contributed by atoms with Crippen LogP contribution in [0.2, 0.25) is 0 Å². The smallest absolute Gasteiger partial charge is 0.257 e. The number of carbonyl (C=O) groups is 2. The second-order valence-electron chi connectivity index (χ2n) is 6.39. The summed E-state index contributed by atoms with van der Waals surface area (Å²) in [4.78, 5) is 23.9. The van der Waals surface area contributed by atoms with E-state index in [0.29, 0.717) is 22.3 Å². The summed E-state index contributed by atoms with van der Waals surface area (Å²) in [6.45, 7) is 4.23. The average molecular weight is 344 g/mol. The quantitative estimate of drug-likeness (QED) is 0.842. The van der Waals surface area contributed by atoms with Crippen molar-refractivity contribution in [3.63, 3.8) is 0 Å². The van der Waals surface area contributed by atoms with Gasteiger partial charge in [-0.2, -0.15) is 0 Å². The van der Waals surface area contributed by atoms with Crippen LogP contribution in [0.5, 0.6) is 0 Å². The number of nitrogens with zero attached hydrogens (tertiary/aromatic N) is 2. The van der Waals surface area contributed by atoms with Crippen LogP contribution in [0.3, 0.4) is 0 Å². The van der Waals surface area contributed by atoms with Crippen LogP contribution in [-0.4, -0.2) is 22.0 Å². The summed E-state index contributed by atoms with van der Waals surface area (Å²) in [7, 11) is 0. The number of amides is 2. The van der Waals surface area contributed by atoms with Crippen molar-refractivity contribution in [1.29, 1.82) is 0 Å². The predicted octanol–water partition coefficient (Wildman–Crippen LogP) is 3.34. The maximum absolute atomic E-state index is 12.2. The summed E-state index contributed by atoms with van der Waals surface area (Å²) in [5.74, 6) is 0.478. The van der Waals surface area contributed by atoms with E-state index in [1.807, 2.05) is 0 Å². The third-order valence-electron chi connectivity index (χ3n) is 3.63. The van der Waals surface area contributed by atoms with Crippen LogP contribution in [0.1, 0.15) is 42.1 Å². The molecule has 1 aromatic carbocycles. The van der Waals surface area contributed by atoms with Gasteiger partial charge < -0.3 is 5.32 Å². The largest absolute Gasteiger partial charge is 0.326 e. The van der Waals surface area contributed by atoms with Crippen LogP contribution in [0.25, 0.3) is 0 Å². The first-order chi connectivity index (χ1) is 11.5. The highest BCUT2D eigenvalue weighted by Gasteiger charge is 2.29. The number of nitrogens with one attached hydrogen (secondary N) is 2. The zero-order chi connectivity index (χ0) is 17.1. The van der Waals surface area contributed by atoms with Gasteiger partial charge in [0.2, 0.25) is 11.0 Å². The first-order valence-corrected chi connectivity index (χ1v) is 8.87. The van der Waals surface area contributed by atoms with Crippen LogP contribution in [0.4, 0.5) is 10.8 Å². The summed E-state index contributed by atoms with van der Waals surface area (Å²) < 4.78 is 0. The minimum atomic E-state index is -0.234. The molecule has 2 amide bonds. The summed E-state index contributed by atoms with van der Waals surface area (Å²) in [5.41, 5.74) is 1.22. The third kappa shape index (κ3) is 4.38. The molecule has 1 aliphatic rings. The topological polar surface area (TPSA) is 84.0 Å². The summed E-state index contributed by atoms with van der Waals surface area (Å²) in [6.07, 6.45) is 2.78. The van der Waals surface area contributed by atoms with E-state index in [1.165, 1.54) is 11.3 Å². The van der Waals surface area contributed by atoms with Gasteiger partial charge in [0.15, 0.2) is 0 Å². The summed E-state index contributed by atoms with van der Waals surface area (Å²) >= 11 is 1.39. The van der Waals surface area contributed by atoms with Crippen LogP contribution >= 0.6 is 11.3 Å². The van der Waals surface area contributed by atoms with Gasteiger partial charge in [-0.25, -0.2) is 0 Å². The fraction of sp³-hybridized carbons (Fsp3) is 0.412. The van der Waals surface area contributed by atoms with Crippen LogP contribution in [0, 0.1) is 11.8 Å². The molecule has 0 spiro atoms. The Kier molecular flexibility index (Phi) is 4.89. The minimum Gasteiger partial charge on any atom is -0.326 e. The Morgan fingerprint density at radius 3 is 2.50 bits per heavy atom. The van der Waals surface area contributed by atoms with Crippen molar-refractivity contribution in [2.45, 2.75) is 33.1 Å². The average Bonchev–Trinajstić information content (AvgIpc) is 3.30. The van der Waals surface area contributed by atoms with E-state index >= 15 is 0 Å². The van der Waals surface area contributed by atoms with Crippen molar-refractivity contribution in [3.05, 3.63) is 34.8 Å². The Labute approximate surface area is 144 Å². The fourth-order valence-electron chi connectivity index (χ4n) is 2.20. The Bertz CT molecular complexity index is 735. The Morgan fingerprint density at radius 1 is 1.17 bits per heavy atom. The first kappa shape index (κ1) is 16.6. The third-order valence-corrected chi connectivity index (χ3v) is 4.49. The Hall–Kier alpha value is -2.28. The first-order valence-electron chi connectivity index (χ1n) is 8.06. The normalized spacial score (nSPS) is 13.8. The number of aromatic nitrogens is 2. The van der Waals surface area contributed by atoms with Gasteiger partial charge in [-0.1, -0.05) is 25.2 Å². The Balaban J connectivity index is 1.58. The van der Waals surface area contributed by atoms with Gasteiger partial charge in [-0.3, -0.25) is 14.9 Å². The number of hydrogen-bond acceptors (Lipinski definition) is 5. The molecular formula is C17H20N4O2S. The van der Waals surface area contributed by atoms with Gasteiger partial charge in [0.1, 0.15) is 5.01 Å². The predicted molar refractivity (Wildman–Crippen MR) is 94.2 cm³/mol. The monoisotopic (exact) mass is 344 g/mol. The van der Waals surface area contributed by atoms with E-state index in [-0.39, 0.29) is 17.7 Å². The summed E-state index contributed by atoms with van der Waals surface area (Å²) in [6, 6.07) is 6.85. The highest BCUT2D eigenvalue weighted by atomic mass is 32.1. The zero-order valence-electron chi connectivity index (χ0n) is 13.7. The number of rotatable bonds is 6. The minimum absolute atomic E-state index is 0.0544. The summed E-state index contributed by atoms with van der Waals surface area (Å²) in [5, 5.41) is 15.1. The van der Waals surface area contributed by atoms with Crippen molar-refractivity contribution in [1.82, 2.24) is 10.2 Å². The second kappa shape index (κ2) is 7.09. The van der Waals surface area contributed by atoms with E-state index in [4.69, 9.17) is 0 Å². The van der Waals surface area contributed by atoms with Gasteiger partial charge in [-0.05, 0) is 43.0 Å². The fourth-order valence-corrected chi connectivity index (χ4v) is 3.15. The van der Waals surface area contributed by atoms with Crippen molar-refractivity contribution < 1.29 is 9.59 Å². The molecule has 0 aliphatic heterocycles. The van der Waals surface area contributed by atoms with Crippen molar-refractivity contribution >= 4 is 34.0 Å². The van der Waals surface area contributed by atoms with Gasteiger partial charge >= 0.3 is 0 Å². The van der Waals surface area contributed by atoms with E-state index < -0.39 is 0 Å². The molecule has 3 rings (SSSR count). The number of carbonyl (C=O) groups excluding carboxylic acids is 2. The Morgan fingerprint density at radius 2 is 1.88 bits per heavy atom. The van der Waals surface area contributed by atoms with E-state index in [0.717, 1.165) is 24.3 Å². The second-order valence-corrected chi connectivity index (χ2v) is 7.46. The molecule has 1 saturated carbocycles. The SMILES string of the molecule is CC(C)Cc1nnc(NC(=O)c2ccc(NC(=O)C3CC3)cc2)s1. The lowest BCUT2D eigenvalue weighted by molar-refractivity contribution is -0.117. The molecule has 7 heteroatoms. The molecule has 126 valence electrons. The van der Waals surface area contributed by atoms with Crippen molar-refractivity contribution in [2.75, 3.05) is 10.6 Å². The van der Waals surface area contributed by atoms with Crippen molar-refractivity contribution in [3.8, 4) is 0 Å². The number of benzene rings is 1. The van der Waals surface area contributed by atoms with E-state index in [2.05, 4.69) is 34.7 Å². The van der Waals surface area contributed by atoms with Gasteiger partial charge in [0, 0.05) is 23.6 Å². The molecular weight excluding hydrogens is 324 g/mol. The molecule has 1 aliphatic carbocycles. The van der Waals surface area contributed by atoms with E-state index in [9.17, 15) is 9.59 Å². The van der Waals surface area contributed by atoms with E-state index in [1.54, 1.807) is 24.3 Å². The molecule has 0 bridgehead atoms. The molecule has 6 nitrogen and oxygen atoms in total. The molecule has 2 N–H and O–H groups in total. The standard InChI is InChI=1S/C17H20N4O2S/c1-10(2)9-14-20-21-17(24-14)19-16(23)12-5-7-13(8-6-12)18-15(22)11-3-4-11/h5-8,10-11H,3-4,9H2,1-2H3,(H,18,22)(H,19,21,23). The maximum atomic E-state index is 12.2. The maximum Gasteiger partial charge on any atom is 0.257 e.